The van der Waals surface area contributed by atoms with E-state index in [1.807, 2.05) is 27.7 Å². The molecule has 1 aromatic heterocycles. The summed E-state index contributed by atoms with van der Waals surface area (Å²) >= 11 is 5.97. The van der Waals surface area contributed by atoms with E-state index in [4.69, 9.17) is 18.0 Å². The van der Waals surface area contributed by atoms with Crippen molar-refractivity contribution >= 4 is 17.5 Å². The van der Waals surface area contributed by atoms with Crippen LogP contribution in [0, 0.1) is 12.3 Å². The van der Waals surface area contributed by atoms with Crippen LogP contribution < -0.4 is 5.32 Å². The Morgan fingerprint density at radius 1 is 1.53 bits per heavy atom. The zero-order valence-electron chi connectivity index (χ0n) is 11.7. The molecule has 0 aliphatic heterocycles. The first kappa shape index (κ1) is 15.5. The topological polar surface area (TPSA) is 42.0 Å². The number of nitrogens with zero attached hydrogens (tertiary/aromatic N) is 1. The second-order valence-corrected chi connectivity index (χ2v) is 5.98. The van der Waals surface area contributed by atoms with Gasteiger partial charge in [0.1, 0.15) is 5.15 Å². The molecule has 0 radical (unpaired) electrons. The van der Waals surface area contributed by atoms with Crippen LogP contribution in [0.25, 0.3) is 0 Å². The number of nitrogens with one attached hydrogen (secondary N) is 1. The number of carbonyl (C=O) groups is 1. The van der Waals surface area contributed by atoms with Crippen molar-refractivity contribution in [2.45, 2.75) is 45.6 Å². The van der Waals surface area contributed by atoms with Crippen LogP contribution in [0.3, 0.4) is 0 Å². The average Bonchev–Trinajstić information content (AvgIpc) is 2.27. The van der Waals surface area contributed by atoms with Crippen molar-refractivity contribution in [2.24, 2.45) is 0 Å². The maximum absolute atomic E-state index is 12.1. The van der Waals surface area contributed by atoms with Crippen molar-refractivity contribution in [3.05, 3.63) is 28.5 Å². The number of hydrogen-bond acceptors (Lipinski definition) is 2. The smallest absolute Gasteiger partial charge is 0.251 e. The number of hydrogen-bond donors (Lipinski definition) is 1. The maximum atomic E-state index is 12.1. The van der Waals surface area contributed by atoms with Crippen LogP contribution in [0.5, 0.6) is 0 Å². The molecule has 1 amide bonds. The van der Waals surface area contributed by atoms with Crippen LogP contribution in [0.2, 0.25) is 5.15 Å². The number of pyridine rings is 1. The first-order valence-electron chi connectivity index (χ1n) is 6.16. The average molecular weight is 279 g/mol. The molecule has 0 fully saturated rings. The lowest BCUT2D eigenvalue weighted by Crippen LogP contribution is -2.32. The predicted octanol–water partition coefficient (Wildman–Crippen LogP) is 3.17. The van der Waals surface area contributed by atoms with Gasteiger partial charge < -0.3 is 5.32 Å². The Morgan fingerprint density at radius 3 is 2.68 bits per heavy atom. The van der Waals surface area contributed by atoms with Crippen molar-refractivity contribution in [1.29, 1.82) is 0 Å². The molecule has 1 heterocycles. The van der Waals surface area contributed by atoms with E-state index >= 15 is 0 Å². The Balaban J connectivity index is 2.98. The molecule has 4 heteroatoms. The largest absolute Gasteiger partial charge is 0.349 e. The molecule has 0 saturated heterocycles. The molecule has 1 aromatic rings. The molecule has 0 spiro atoms. The molecular weight excluding hydrogens is 260 g/mol. The SMILES string of the molecule is C#CCC(C)NC(=O)c1cc(Cl)nc(C(C)(C)C)c1. The Morgan fingerprint density at radius 2 is 2.16 bits per heavy atom. The van der Waals surface area contributed by atoms with E-state index in [0.29, 0.717) is 17.1 Å². The first-order chi connectivity index (χ1) is 8.74. The van der Waals surface area contributed by atoms with E-state index in [2.05, 4.69) is 16.2 Å². The highest BCUT2D eigenvalue weighted by molar-refractivity contribution is 6.29. The lowest BCUT2D eigenvalue weighted by atomic mass is 9.91. The Hall–Kier alpha value is -1.53. The Kier molecular flexibility index (Phi) is 4.97. The van der Waals surface area contributed by atoms with Gasteiger partial charge in [-0.15, -0.1) is 12.3 Å². The van der Waals surface area contributed by atoms with Gasteiger partial charge in [0.2, 0.25) is 0 Å². The number of terminal acetylenes is 1. The molecular formula is C15H19ClN2O. The Labute approximate surface area is 119 Å². The molecule has 0 aromatic carbocycles. The van der Waals surface area contributed by atoms with E-state index in [9.17, 15) is 4.79 Å². The summed E-state index contributed by atoms with van der Waals surface area (Å²) in [5, 5.41) is 3.16. The lowest BCUT2D eigenvalue weighted by Gasteiger charge is -2.19. The fourth-order valence-electron chi connectivity index (χ4n) is 1.55. The van der Waals surface area contributed by atoms with Gasteiger partial charge in [-0.25, -0.2) is 4.98 Å². The molecule has 1 unspecified atom stereocenters. The molecule has 0 saturated carbocycles. The van der Waals surface area contributed by atoms with Gasteiger partial charge in [-0.2, -0.15) is 0 Å². The summed E-state index contributed by atoms with van der Waals surface area (Å²) in [6.07, 6.45) is 5.71. The minimum atomic E-state index is -0.183. The van der Waals surface area contributed by atoms with Crippen LogP contribution in [0.15, 0.2) is 12.1 Å². The van der Waals surface area contributed by atoms with Crippen LogP contribution in [0.1, 0.15) is 50.2 Å². The van der Waals surface area contributed by atoms with Gasteiger partial charge in [-0.3, -0.25) is 4.79 Å². The first-order valence-corrected chi connectivity index (χ1v) is 6.54. The summed E-state index contributed by atoms with van der Waals surface area (Å²) in [5.41, 5.74) is 1.13. The summed E-state index contributed by atoms with van der Waals surface area (Å²) in [6.45, 7) is 7.93. The van der Waals surface area contributed by atoms with Gasteiger partial charge >= 0.3 is 0 Å². The fourth-order valence-corrected chi connectivity index (χ4v) is 1.76. The number of carbonyl (C=O) groups excluding carboxylic acids is 1. The third-order valence-electron chi connectivity index (χ3n) is 2.63. The minimum Gasteiger partial charge on any atom is -0.349 e. The van der Waals surface area contributed by atoms with Crippen LogP contribution in [-0.2, 0) is 5.41 Å². The minimum absolute atomic E-state index is 0.0671. The molecule has 0 bridgehead atoms. The monoisotopic (exact) mass is 278 g/mol. The second-order valence-electron chi connectivity index (χ2n) is 5.60. The van der Waals surface area contributed by atoms with Gasteiger partial charge in [0.05, 0.1) is 0 Å². The Bertz CT molecular complexity index is 512. The summed E-state index contributed by atoms with van der Waals surface area (Å²) in [7, 11) is 0. The van der Waals surface area contributed by atoms with E-state index in [-0.39, 0.29) is 17.4 Å². The van der Waals surface area contributed by atoms with Crippen molar-refractivity contribution < 1.29 is 4.79 Å². The van der Waals surface area contributed by atoms with Crippen molar-refractivity contribution in [3.8, 4) is 12.3 Å². The molecule has 0 aliphatic rings. The second kappa shape index (κ2) is 6.08. The van der Waals surface area contributed by atoms with Crippen molar-refractivity contribution in [2.75, 3.05) is 0 Å². The number of halogens is 1. The van der Waals surface area contributed by atoms with E-state index < -0.39 is 0 Å². The standard InChI is InChI=1S/C15H19ClN2O/c1-6-7-10(2)17-14(19)11-8-12(15(3,4)5)18-13(16)9-11/h1,8-10H,7H2,2-5H3,(H,17,19). The highest BCUT2D eigenvalue weighted by Gasteiger charge is 2.19. The van der Waals surface area contributed by atoms with Crippen LogP contribution >= 0.6 is 11.6 Å². The molecule has 0 aliphatic carbocycles. The normalized spacial score (nSPS) is 12.6. The summed E-state index contributed by atoms with van der Waals surface area (Å²) in [5.74, 6) is 2.34. The summed E-state index contributed by atoms with van der Waals surface area (Å²) < 4.78 is 0. The fraction of sp³-hybridized carbons (Fsp3) is 0.467. The van der Waals surface area contributed by atoms with Gasteiger partial charge in [0.25, 0.3) is 5.91 Å². The van der Waals surface area contributed by atoms with E-state index in [1.54, 1.807) is 12.1 Å². The highest BCUT2D eigenvalue weighted by Crippen LogP contribution is 2.23. The third kappa shape index (κ3) is 4.57. The molecule has 102 valence electrons. The van der Waals surface area contributed by atoms with Crippen LogP contribution in [0.4, 0.5) is 0 Å². The molecule has 1 atom stereocenters. The van der Waals surface area contributed by atoms with Crippen molar-refractivity contribution in [3.63, 3.8) is 0 Å². The molecule has 19 heavy (non-hydrogen) atoms. The molecule has 1 N–H and O–H groups in total. The molecule has 3 nitrogen and oxygen atoms in total. The van der Waals surface area contributed by atoms with Crippen LogP contribution in [-0.4, -0.2) is 16.9 Å². The summed E-state index contributed by atoms with van der Waals surface area (Å²) in [4.78, 5) is 16.4. The number of rotatable bonds is 3. The highest BCUT2D eigenvalue weighted by atomic mass is 35.5. The number of amides is 1. The maximum Gasteiger partial charge on any atom is 0.251 e. The van der Waals surface area contributed by atoms with E-state index in [0.717, 1.165) is 5.69 Å². The third-order valence-corrected chi connectivity index (χ3v) is 2.82. The quantitative estimate of drug-likeness (QED) is 0.682. The zero-order valence-corrected chi connectivity index (χ0v) is 12.5. The van der Waals surface area contributed by atoms with Gasteiger partial charge in [-0.05, 0) is 19.1 Å². The van der Waals surface area contributed by atoms with Gasteiger partial charge in [-0.1, -0.05) is 32.4 Å². The van der Waals surface area contributed by atoms with Gasteiger partial charge in [0, 0.05) is 29.1 Å². The van der Waals surface area contributed by atoms with Crippen molar-refractivity contribution in [1.82, 2.24) is 10.3 Å². The van der Waals surface area contributed by atoms with Gasteiger partial charge in [0.15, 0.2) is 0 Å². The van der Waals surface area contributed by atoms with E-state index in [1.165, 1.54) is 0 Å². The predicted molar refractivity (Wildman–Crippen MR) is 78.3 cm³/mol. The number of aromatic nitrogens is 1. The zero-order chi connectivity index (χ0) is 14.6. The lowest BCUT2D eigenvalue weighted by molar-refractivity contribution is 0.0940. The molecule has 1 rings (SSSR count). The summed E-state index contributed by atoms with van der Waals surface area (Å²) in [6, 6.07) is 3.26.